The first-order chi connectivity index (χ1) is 6.38. The highest BCUT2D eigenvalue weighted by Crippen LogP contribution is 2.35. The molecule has 1 heteroatoms. The van der Waals surface area contributed by atoms with Gasteiger partial charge < -0.3 is 0 Å². The molecule has 0 aromatic carbocycles. The van der Waals surface area contributed by atoms with E-state index in [0.717, 1.165) is 11.8 Å². The average Bonchev–Trinajstić information content (AvgIpc) is 2.17. The van der Waals surface area contributed by atoms with Gasteiger partial charge in [0.25, 0.3) is 0 Å². The summed E-state index contributed by atoms with van der Waals surface area (Å²) >= 11 is 2.54. The molecule has 0 heterocycles. The zero-order valence-corrected chi connectivity index (χ0v) is 11.1. The molecular formula is C12H23I. The minimum absolute atomic E-state index is 1.08. The quantitative estimate of drug-likeness (QED) is 0.504. The lowest BCUT2D eigenvalue weighted by molar-refractivity contribution is 0.216. The van der Waals surface area contributed by atoms with Crippen LogP contribution in [0.4, 0.5) is 0 Å². The van der Waals surface area contributed by atoms with Crippen molar-refractivity contribution in [2.24, 2.45) is 11.8 Å². The second kappa shape index (κ2) is 7.08. The van der Waals surface area contributed by atoms with Gasteiger partial charge in [0.05, 0.1) is 0 Å². The maximum atomic E-state index is 2.54. The summed E-state index contributed by atoms with van der Waals surface area (Å²) in [5.41, 5.74) is 0. The van der Waals surface area contributed by atoms with Crippen LogP contribution in [0.15, 0.2) is 0 Å². The summed E-state index contributed by atoms with van der Waals surface area (Å²) in [6.45, 7) is 2.32. The third-order valence-corrected chi connectivity index (χ3v) is 4.10. The minimum atomic E-state index is 1.08. The van der Waals surface area contributed by atoms with Crippen LogP contribution in [0.3, 0.4) is 0 Å². The first-order valence-electron chi connectivity index (χ1n) is 5.94. The topological polar surface area (TPSA) is 0 Å². The Morgan fingerprint density at radius 1 is 1.08 bits per heavy atom. The molecule has 2 unspecified atom stereocenters. The van der Waals surface area contributed by atoms with Gasteiger partial charge in [0.15, 0.2) is 0 Å². The fraction of sp³-hybridized carbons (Fsp3) is 1.00. The molecular weight excluding hydrogens is 271 g/mol. The molecule has 0 radical (unpaired) electrons. The normalized spacial score (nSPS) is 29.1. The maximum absolute atomic E-state index is 2.54. The summed E-state index contributed by atoms with van der Waals surface area (Å²) in [6, 6.07) is 0. The molecule has 0 aliphatic heterocycles. The van der Waals surface area contributed by atoms with E-state index in [-0.39, 0.29) is 0 Å². The second-order valence-corrected chi connectivity index (χ2v) is 5.50. The molecule has 1 rings (SSSR count). The molecule has 0 N–H and O–H groups in total. The molecule has 78 valence electrons. The third kappa shape index (κ3) is 4.18. The van der Waals surface area contributed by atoms with Gasteiger partial charge in [-0.25, -0.2) is 0 Å². The van der Waals surface area contributed by atoms with E-state index < -0.39 is 0 Å². The molecule has 1 saturated carbocycles. The van der Waals surface area contributed by atoms with Gasteiger partial charge in [0.2, 0.25) is 0 Å². The molecule has 0 saturated heterocycles. The Hall–Kier alpha value is 0.730. The summed E-state index contributed by atoms with van der Waals surface area (Å²) in [5, 5.41) is 0. The van der Waals surface area contributed by atoms with Gasteiger partial charge in [-0.2, -0.15) is 0 Å². The predicted molar refractivity (Wildman–Crippen MR) is 68.5 cm³/mol. The molecule has 0 nitrogen and oxygen atoms in total. The van der Waals surface area contributed by atoms with Gasteiger partial charge in [-0.05, 0) is 22.7 Å². The monoisotopic (exact) mass is 294 g/mol. The highest BCUT2D eigenvalue weighted by atomic mass is 127. The molecule has 13 heavy (non-hydrogen) atoms. The van der Waals surface area contributed by atoms with Crippen LogP contribution in [0.5, 0.6) is 0 Å². The van der Waals surface area contributed by atoms with Crippen molar-refractivity contribution < 1.29 is 0 Å². The smallest absolute Gasteiger partial charge is 0.000199 e. The Morgan fingerprint density at radius 2 is 1.69 bits per heavy atom. The van der Waals surface area contributed by atoms with Crippen LogP contribution in [-0.2, 0) is 0 Å². The number of unbranched alkanes of at least 4 members (excludes halogenated alkanes) is 1. The number of hydrogen-bond donors (Lipinski definition) is 0. The van der Waals surface area contributed by atoms with E-state index >= 15 is 0 Å². The van der Waals surface area contributed by atoms with Crippen LogP contribution >= 0.6 is 22.6 Å². The van der Waals surface area contributed by atoms with E-state index in [9.17, 15) is 0 Å². The first kappa shape index (κ1) is 11.8. The fourth-order valence-electron chi connectivity index (χ4n) is 2.65. The molecule has 0 aromatic heterocycles. The zero-order chi connectivity index (χ0) is 9.52. The number of rotatable bonds is 5. The third-order valence-electron chi connectivity index (χ3n) is 3.47. The van der Waals surface area contributed by atoms with E-state index in [4.69, 9.17) is 0 Å². The minimum Gasteiger partial charge on any atom is -0.0864 e. The van der Waals surface area contributed by atoms with Crippen LogP contribution < -0.4 is 0 Å². The number of hydrogen-bond acceptors (Lipinski definition) is 0. The average molecular weight is 294 g/mol. The molecule has 0 aromatic rings. The SMILES string of the molecule is CCCCC1CCCCC1CCI. The summed E-state index contributed by atoms with van der Waals surface area (Å²) in [6.07, 6.45) is 11.9. The van der Waals surface area contributed by atoms with Crippen molar-refractivity contribution in [3.05, 3.63) is 0 Å². The van der Waals surface area contributed by atoms with Crippen molar-refractivity contribution in [3.63, 3.8) is 0 Å². The molecule has 0 spiro atoms. The van der Waals surface area contributed by atoms with Crippen LogP contribution in [0.25, 0.3) is 0 Å². The Morgan fingerprint density at radius 3 is 2.23 bits per heavy atom. The van der Waals surface area contributed by atoms with E-state index in [1.54, 1.807) is 0 Å². The summed E-state index contributed by atoms with van der Waals surface area (Å²) in [7, 11) is 0. The van der Waals surface area contributed by atoms with Crippen LogP contribution in [0.2, 0.25) is 0 Å². The molecule has 2 atom stereocenters. The van der Waals surface area contributed by atoms with Gasteiger partial charge in [-0.3, -0.25) is 0 Å². The fourth-order valence-corrected chi connectivity index (χ4v) is 3.45. The van der Waals surface area contributed by atoms with Gasteiger partial charge >= 0.3 is 0 Å². The highest BCUT2D eigenvalue weighted by Gasteiger charge is 2.23. The standard InChI is InChI=1S/C12H23I/c1-2-3-6-11-7-4-5-8-12(11)9-10-13/h11-12H,2-10H2,1H3. The summed E-state index contributed by atoms with van der Waals surface area (Å²) < 4.78 is 1.37. The second-order valence-electron chi connectivity index (χ2n) is 4.42. The van der Waals surface area contributed by atoms with E-state index in [1.807, 2.05) is 0 Å². The van der Waals surface area contributed by atoms with E-state index in [1.165, 1.54) is 55.8 Å². The Balaban J connectivity index is 2.28. The predicted octanol–water partition coefficient (Wildman–Crippen LogP) is 4.81. The van der Waals surface area contributed by atoms with Crippen molar-refractivity contribution >= 4 is 22.6 Å². The van der Waals surface area contributed by atoms with Gasteiger partial charge in [-0.15, -0.1) is 0 Å². The molecule has 1 aliphatic rings. The summed E-state index contributed by atoms with van der Waals surface area (Å²) in [5.74, 6) is 2.17. The lowest BCUT2D eigenvalue weighted by Gasteiger charge is -2.31. The Kier molecular flexibility index (Phi) is 6.43. The number of halogens is 1. The molecule has 0 bridgehead atoms. The molecule has 0 amide bonds. The van der Waals surface area contributed by atoms with Crippen LogP contribution in [-0.4, -0.2) is 4.43 Å². The number of alkyl halides is 1. The Bertz CT molecular complexity index is 120. The molecule has 1 aliphatic carbocycles. The largest absolute Gasteiger partial charge is 0.0864 e. The van der Waals surface area contributed by atoms with Crippen molar-refractivity contribution in [1.29, 1.82) is 0 Å². The van der Waals surface area contributed by atoms with Gasteiger partial charge in [0, 0.05) is 0 Å². The highest BCUT2D eigenvalue weighted by molar-refractivity contribution is 14.1. The van der Waals surface area contributed by atoms with Crippen molar-refractivity contribution in [1.82, 2.24) is 0 Å². The van der Waals surface area contributed by atoms with Crippen molar-refractivity contribution in [2.45, 2.75) is 58.3 Å². The Labute approximate surface area is 97.0 Å². The molecule has 1 fully saturated rings. The lowest BCUT2D eigenvalue weighted by Crippen LogP contribution is -2.19. The lowest BCUT2D eigenvalue weighted by atomic mass is 9.75. The van der Waals surface area contributed by atoms with Gasteiger partial charge in [0.1, 0.15) is 0 Å². The van der Waals surface area contributed by atoms with E-state index in [2.05, 4.69) is 29.5 Å². The summed E-state index contributed by atoms with van der Waals surface area (Å²) in [4.78, 5) is 0. The maximum Gasteiger partial charge on any atom is -0.000199 e. The first-order valence-corrected chi connectivity index (χ1v) is 7.47. The zero-order valence-electron chi connectivity index (χ0n) is 8.90. The van der Waals surface area contributed by atoms with Gasteiger partial charge in [-0.1, -0.05) is 74.5 Å². The van der Waals surface area contributed by atoms with Crippen molar-refractivity contribution in [2.75, 3.05) is 4.43 Å². The van der Waals surface area contributed by atoms with Crippen LogP contribution in [0.1, 0.15) is 58.3 Å². The van der Waals surface area contributed by atoms with E-state index in [0.29, 0.717) is 0 Å². The van der Waals surface area contributed by atoms with Crippen LogP contribution in [0, 0.1) is 11.8 Å². The van der Waals surface area contributed by atoms with Crippen molar-refractivity contribution in [3.8, 4) is 0 Å².